The van der Waals surface area contributed by atoms with Crippen molar-refractivity contribution >= 4 is 10.0 Å². The van der Waals surface area contributed by atoms with Gasteiger partial charge in [0.1, 0.15) is 5.54 Å². The second-order valence-electron chi connectivity index (χ2n) is 5.16. The fraction of sp³-hybridized carbons (Fsp3) is 0.235. The maximum absolute atomic E-state index is 12.6. The molecule has 4 nitrogen and oxygen atoms in total. The lowest BCUT2D eigenvalue weighted by molar-refractivity contribution is 0.477. The molecule has 2 aromatic carbocycles. The van der Waals surface area contributed by atoms with Crippen LogP contribution in [0.5, 0.6) is 0 Å². The second-order valence-corrected chi connectivity index (χ2v) is 6.84. The van der Waals surface area contributed by atoms with Crippen LogP contribution in [0.15, 0.2) is 59.5 Å². The maximum atomic E-state index is 12.6. The predicted molar refractivity (Wildman–Crippen MR) is 85.5 cm³/mol. The average Bonchev–Trinajstić information content (AvgIpc) is 2.54. The van der Waals surface area contributed by atoms with Crippen LogP contribution in [-0.4, -0.2) is 8.42 Å². The van der Waals surface area contributed by atoms with Crippen molar-refractivity contribution in [1.82, 2.24) is 4.72 Å². The van der Waals surface area contributed by atoms with Gasteiger partial charge in [-0.25, -0.2) is 8.42 Å². The van der Waals surface area contributed by atoms with Crippen molar-refractivity contribution in [3.05, 3.63) is 65.7 Å². The summed E-state index contributed by atoms with van der Waals surface area (Å²) in [4.78, 5) is 0.155. The Bertz CT molecular complexity index is 778. The summed E-state index contributed by atoms with van der Waals surface area (Å²) in [6.45, 7) is 3.67. The van der Waals surface area contributed by atoms with Crippen LogP contribution in [0.1, 0.15) is 24.5 Å². The van der Waals surface area contributed by atoms with Crippen LogP contribution in [0.3, 0.4) is 0 Å². The molecule has 0 aromatic heterocycles. The topological polar surface area (TPSA) is 70.0 Å². The van der Waals surface area contributed by atoms with E-state index in [-0.39, 0.29) is 4.90 Å². The molecule has 0 saturated heterocycles. The highest BCUT2D eigenvalue weighted by Crippen LogP contribution is 2.27. The van der Waals surface area contributed by atoms with Crippen molar-refractivity contribution in [2.45, 2.75) is 30.7 Å². The summed E-state index contributed by atoms with van der Waals surface area (Å²) in [6.07, 6.45) is 0.332. The molecule has 22 heavy (non-hydrogen) atoms. The molecule has 0 aliphatic rings. The number of hydrogen-bond donors (Lipinski definition) is 1. The molecule has 0 aliphatic carbocycles. The van der Waals surface area contributed by atoms with Crippen molar-refractivity contribution in [1.29, 1.82) is 5.26 Å². The third-order valence-electron chi connectivity index (χ3n) is 3.63. The summed E-state index contributed by atoms with van der Waals surface area (Å²) < 4.78 is 27.7. The third kappa shape index (κ3) is 3.19. The minimum atomic E-state index is -3.78. The van der Waals surface area contributed by atoms with Gasteiger partial charge in [0.15, 0.2) is 0 Å². The number of nitrogens with zero attached hydrogens (tertiary/aromatic N) is 1. The Hall–Kier alpha value is -2.16. The van der Waals surface area contributed by atoms with Gasteiger partial charge in [-0.05, 0) is 31.0 Å². The number of aryl methyl sites for hydroxylation is 1. The summed E-state index contributed by atoms with van der Waals surface area (Å²) in [7, 11) is -3.78. The lowest BCUT2D eigenvalue weighted by Gasteiger charge is -2.26. The lowest BCUT2D eigenvalue weighted by Crippen LogP contribution is -2.44. The molecule has 5 heteroatoms. The van der Waals surface area contributed by atoms with Gasteiger partial charge in [0.2, 0.25) is 10.0 Å². The molecule has 1 unspecified atom stereocenters. The highest BCUT2D eigenvalue weighted by molar-refractivity contribution is 7.89. The van der Waals surface area contributed by atoms with Crippen LogP contribution in [0.2, 0.25) is 0 Å². The van der Waals surface area contributed by atoms with Gasteiger partial charge < -0.3 is 0 Å². The normalized spacial score (nSPS) is 14.0. The van der Waals surface area contributed by atoms with Gasteiger partial charge in [-0.3, -0.25) is 0 Å². The van der Waals surface area contributed by atoms with Crippen molar-refractivity contribution in [3.8, 4) is 6.07 Å². The van der Waals surface area contributed by atoms with Gasteiger partial charge in [-0.15, -0.1) is 0 Å². The monoisotopic (exact) mass is 314 g/mol. The Labute approximate surface area is 131 Å². The Balaban J connectivity index is 2.44. The van der Waals surface area contributed by atoms with E-state index in [1.165, 1.54) is 0 Å². The molecular weight excluding hydrogens is 296 g/mol. The molecule has 0 aliphatic heterocycles. The minimum Gasteiger partial charge on any atom is -0.207 e. The summed E-state index contributed by atoms with van der Waals surface area (Å²) in [5, 5.41) is 9.61. The molecule has 2 aromatic rings. The Morgan fingerprint density at radius 1 is 1.09 bits per heavy atom. The maximum Gasteiger partial charge on any atom is 0.242 e. The van der Waals surface area contributed by atoms with Crippen LogP contribution < -0.4 is 4.72 Å². The van der Waals surface area contributed by atoms with Crippen LogP contribution >= 0.6 is 0 Å². The number of hydrogen-bond acceptors (Lipinski definition) is 3. The van der Waals surface area contributed by atoms with Gasteiger partial charge in [-0.1, -0.05) is 55.0 Å². The molecular formula is C17H18N2O2S. The SMILES string of the molecule is CCC(C#N)(NS(=O)(=O)c1ccc(C)cc1)c1ccccc1. The average molecular weight is 314 g/mol. The van der Waals surface area contributed by atoms with E-state index >= 15 is 0 Å². The number of nitriles is 1. The fourth-order valence-corrected chi connectivity index (χ4v) is 3.61. The van der Waals surface area contributed by atoms with E-state index in [1.54, 1.807) is 55.5 Å². The molecule has 0 radical (unpaired) electrons. The summed E-state index contributed by atoms with van der Waals surface area (Å²) in [5.41, 5.74) is 0.338. The molecule has 2 rings (SSSR count). The Morgan fingerprint density at radius 2 is 1.68 bits per heavy atom. The molecule has 0 saturated carbocycles. The highest BCUT2D eigenvalue weighted by atomic mass is 32.2. The molecule has 1 atom stereocenters. The molecule has 0 spiro atoms. The van der Waals surface area contributed by atoms with Gasteiger partial charge in [0.25, 0.3) is 0 Å². The smallest absolute Gasteiger partial charge is 0.207 e. The standard InChI is InChI=1S/C17H18N2O2S/c1-3-17(13-18,15-7-5-4-6-8-15)19-22(20,21)16-11-9-14(2)10-12-16/h4-12,19H,3H2,1-2H3. The van der Waals surface area contributed by atoms with Crippen LogP contribution in [0.25, 0.3) is 0 Å². The van der Waals surface area contributed by atoms with Crippen molar-refractivity contribution in [3.63, 3.8) is 0 Å². The van der Waals surface area contributed by atoms with Gasteiger partial charge in [-0.2, -0.15) is 9.98 Å². The highest BCUT2D eigenvalue weighted by Gasteiger charge is 2.35. The van der Waals surface area contributed by atoms with E-state index in [0.717, 1.165) is 5.56 Å². The lowest BCUT2D eigenvalue weighted by atomic mass is 9.90. The second kappa shape index (κ2) is 6.30. The van der Waals surface area contributed by atoms with E-state index in [2.05, 4.69) is 10.8 Å². The first-order valence-corrected chi connectivity index (χ1v) is 8.49. The van der Waals surface area contributed by atoms with Crippen molar-refractivity contribution < 1.29 is 8.42 Å². The van der Waals surface area contributed by atoms with E-state index in [9.17, 15) is 13.7 Å². The predicted octanol–water partition coefficient (Wildman–Crippen LogP) is 3.10. The zero-order valence-corrected chi connectivity index (χ0v) is 13.4. The summed E-state index contributed by atoms with van der Waals surface area (Å²) in [5.74, 6) is 0. The molecule has 0 amide bonds. The number of nitrogens with one attached hydrogen (secondary N) is 1. The van der Waals surface area contributed by atoms with E-state index in [4.69, 9.17) is 0 Å². The van der Waals surface area contributed by atoms with E-state index in [1.807, 2.05) is 13.0 Å². The van der Waals surface area contributed by atoms with Gasteiger partial charge in [0, 0.05) is 0 Å². The molecule has 0 fully saturated rings. The molecule has 0 heterocycles. The first-order valence-electron chi connectivity index (χ1n) is 7.01. The van der Waals surface area contributed by atoms with Crippen molar-refractivity contribution in [2.24, 2.45) is 0 Å². The Kier molecular flexibility index (Phi) is 4.65. The molecule has 114 valence electrons. The fourth-order valence-electron chi connectivity index (χ4n) is 2.23. The van der Waals surface area contributed by atoms with Gasteiger partial charge >= 0.3 is 0 Å². The minimum absolute atomic E-state index is 0.155. The van der Waals surface area contributed by atoms with E-state index in [0.29, 0.717) is 12.0 Å². The Morgan fingerprint density at radius 3 is 2.18 bits per heavy atom. The zero-order valence-electron chi connectivity index (χ0n) is 12.6. The van der Waals surface area contributed by atoms with Crippen LogP contribution in [0.4, 0.5) is 0 Å². The number of sulfonamides is 1. The third-order valence-corrected chi connectivity index (χ3v) is 5.14. The number of benzene rings is 2. The first kappa shape index (κ1) is 16.2. The van der Waals surface area contributed by atoms with E-state index < -0.39 is 15.6 Å². The van der Waals surface area contributed by atoms with Crippen LogP contribution in [-0.2, 0) is 15.6 Å². The summed E-state index contributed by atoms with van der Waals surface area (Å²) in [6, 6.07) is 17.6. The number of rotatable bonds is 5. The van der Waals surface area contributed by atoms with Gasteiger partial charge in [0.05, 0.1) is 11.0 Å². The largest absolute Gasteiger partial charge is 0.242 e. The first-order chi connectivity index (χ1) is 10.4. The van der Waals surface area contributed by atoms with Crippen LogP contribution in [0, 0.1) is 18.3 Å². The zero-order chi connectivity index (χ0) is 16.2. The quantitative estimate of drug-likeness (QED) is 0.922. The molecule has 1 N–H and O–H groups in total. The molecule has 0 bridgehead atoms. The summed E-state index contributed by atoms with van der Waals surface area (Å²) >= 11 is 0. The van der Waals surface area contributed by atoms with Crippen molar-refractivity contribution in [2.75, 3.05) is 0 Å².